The lowest BCUT2D eigenvalue weighted by atomic mass is 10.0. The van der Waals surface area contributed by atoms with Crippen molar-refractivity contribution >= 4 is 5.69 Å². The Kier molecular flexibility index (Phi) is 3.59. The standard InChI is InChI=1S/C16H21N3O2/c1-10(2)19-15(13(21-3)9-18-19)16(20)12-6-4-5-11-7-8-17-14(11)12/h4-6,9-10,16-17,20H,7-8H2,1-3H3. The fraction of sp³-hybridized carbons (Fsp3) is 0.438. The average Bonchev–Trinajstić information content (AvgIpc) is 3.11. The molecule has 0 radical (unpaired) electrons. The summed E-state index contributed by atoms with van der Waals surface area (Å²) in [5, 5.41) is 18.6. The van der Waals surface area contributed by atoms with Gasteiger partial charge < -0.3 is 15.2 Å². The Morgan fingerprint density at radius 2 is 2.19 bits per heavy atom. The summed E-state index contributed by atoms with van der Waals surface area (Å²) in [5.74, 6) is 0.617. The van der Waals surface area contributed by atoms with Crippen LogP contribution in [0, 0.1) is 0 Å². The summed E-state index contributed by atoms with van der Waals surface area (Å²) in [4.78, 5) is 0. The van der Waals surface area contributed by atoms with E-state index in [0.29, 0.717) is 11.4 Å². The lowest BCUT2D eigenvalue weighted by Crippen LogP contribution is -2.14. The van der Waals surface area contributed by atoms with Crippen LogP contribution in [0.15, 0.2) is 24.4 Å². The molecule has 2 heterocycles. The normalized spacial score (nSPS) is 14.9. The summed E-state index contributed by atoms with van der Waals surface area (Å²) in [6.07, 6.45) is 1.90. The van der Waals surface area contributed by atoms with Crippen LogP contribution in [-0.4, -0.2) is 28.5 Å². The van der Waals surface area contributed by atoms with Crippen LogP contribution >= 0.6 is 0 Å². The number of methoxy groups -OCH3 is 1. The summed E-state index contributed by atoms with van der Waals surface area (Å²) >= 11 is 0. The molecule has 112 valence electrons. The van der Waals surface area contributed by atoms with Crippen molar-refractivity contribution in [1.29, 1.82) is 0 Å². The van der Waals surface area contributed by atoms with Crippen LogP contribution in [0.4, 0.5) is 5.69 Å². The Bertz CT molecular complexity index is 649. The summed E-state index contributed by atoms with van der Waals surface area (Å²) in [5.41, 5.74) is 3.88. The number of rotatable bonds is 4. The van der Waals surface area contributed by atoms with Gasteiger partial charge in [-0.05, 0) is 25.8 Å². The van der Waals surface area contributed by atoms with Gasteiger partial charge in [0.05, 0.1) is 13.3 Å². The van der Waals surface area contributed by atoms with Gasteiger partial charge in [-0.1, -0.05) is 18.2 Å². The van der Waals surface area contributed by atoms with E-state index in [9.17, 15) is 5.11 Å². The molecular formula is C16H21N3O2. The van der Waals surface area contributed by atoms with Crippen LogP contribution in [0.1, 0.15) is 42.8 Å². The van der Waals surface area contributed by atoms with Crippen molar-refractivity contribution in [3.05, 3.63) is 41.2 Å². The van der Waals surface area contributed by atoms with E-state index in [1.54, 1.807) is 13.3 Å². The van der Waals surface area contributed by atoms with E-state index in [1.165, 1.54) is 5.56 Å². The number of benzene rings is 1. The summed E-state index contributed by atoms with van der Waals surface area (Å²) in [6, 6.07) is 6.21. The van der Waals surface area contributed by atoms with Gasteiger partial charge in [0.1, 0.15) is 11.8 Å². The molecule has 0 spiro atoms. The monoisotopic (exact) mass is 287 g/mol. The van der Waals surface area contributed by atoms with Gasteiger partial charge in [-0.15, -0.1) is 0 Å². The highest BCUT2D eigenvalue weighted by Crippen LogP contribution is 2.37. The molecule has 1 aromatic carbocycles. The van der Waals surface area contributed by atoms with Gasteiger partial charge in [-0.25, -0.2) is 0 Å². The predicted molar refractivity (Wildman–Crippen MR) is 81.9 cm³/mol. The molecule has 2 aromatic rings. The van der Waals surface area contributed by atoms with Crippen LogP contribution < -0.4 is 10.1 Å². The zero-order valence-corrected chi connectivity index (χ0v) is 12.6. The fourth-order valence-corrected chi connectivity index (χ4v) is 2.93. The van der Waals surface area contributed by atoms with E-state index in [-0.39, 0.29) is 6.04 Å². The number of aromatic nitrogens is 2. The highest BCUT2D eigenvalue weighted by molar-refractivity contribution is 5.63. The van der Waals surface area contributed by atoms with E-state index < -0.39 is 6.10 Å². The lowest BCUT2D eigenvalue weighted by Gasteiger charge is -2.19. The van der Waals surface area contributed by atoms with E-state index in [2.05, 4.69) is 16.5 Å². The van der Waals surface area contributed by atoms with Crippen molar-refractivity contribution in [2.24, 2.45) is 0 Å². The molecule has 0 saturated heterocycles. The molecule has 0 saturated carbocycles. The first kappa shape index (κ1) is 13.9. The molecule has 0 fully saturated rings. The zero-order valence-electron chi connectivity index (χ0n) is 12.6. The van der Waals surface area contributed by atoms with E-state index >= 15 is 0 Å². The van der Waals surface area contributed by atoms with Crippen molar-refractivity contribution in [2.75, 3.05) is 19.0 Å². The number of nitrogens with one attached hydrogen (secondary N) is 1. The second kappa shape index (κ2) is 5.41. The largest absolute Gasteiger partial charge is 0.493 e. The third kappa shape index (κ3) is 2.27. The second-order valence-corrected chi connectivity index (χ2v) is 5.60. The molecule has 0 bridgehead atoms. The van der Waals surface area contributed by atoms with Crippen molar-refractivity contribution in [2.45, 2.75) is 32.4 Å². The second-order valence-electron chi connectivity index (χ2n) is 5.60. The first-order valence-electron chi connectivity index (χ1n) is 7.28. The Morgan fingerprint density at radius 3 is 2.90 bits per heavy atom. The average molecular weight is 287 g/mol. The van der Waals surface area contributed by atoms with Crippen molar-refractivity contribution < 1.29 is 9.84 Å². The van der Waals surface area contributed by atoms with Crippen LogP contribution in [0.25, 0.3) is 0 Å². The zero-order chi connectivity index (χ0) is 15.0. The number of aliphatic hydroxyl groups is 1. The minimum Gasteiger partial charge on any atom is -0.493 e. The third-order valence-corrected chi connectivity index (χ3v) is 3.94. The van der Waals surface area contributed by atoms with Crippen LogP contribution in [0.2, 0.25) is 0 Å². The van der Waals surface area contributed by atoms with Gasteiger partial charge in [-0.2, -0.15) is 5.10 Å². The molecule has 3 rings (SSSR count). The molecular weight excluding hydrogens is 266 g/mol. The maximum atomic E-state index is 10.9. The summed E-state index contributed by atoms with van der Waals surface area (Å²) in [6.45, 7) is 4.99. The molecule has 1 unspecified atom stereocenters. The molecule has 5 nitrogen and oxygen atoms in total. The predicted octanol–water partition coefficient (Wildman–Crippen LogP) is 2.52. The molecule has 0 aliphatic carbocycles. The molecule has 1 aliphatic heterocycles. The number of fused-ring (bicyclic) bond motifs is 1. The highest BCUT2D eigenvalue weighted by atomic mass is 16.5. The molecule has 1 aliphatic rings. The minimum atomic E-state index is -0.759. The number of hydrogen-bond donors (Lipinski definition) is 2. The number of aliphatic hydroxyl groups excluding tert-OH is 1. The van der Waals surface area contributed by atoms with Crippen molar-refractivity contribution in [3.8, 4) is 5.75 Å². The Morgan fingerprint density at radius 1 is 1.38 bits per heavy atom. The van der Waals surface area contributed by atoms with Gasteiger partial charge in [-0.3, -0.25) is 4.68 Å². The maximum absolute atomic E-state index is 10.9. The third-order valence-electron chi connectivity index (χ3n) is 3.94. The van der Waals surface area contributed by atoms with Crippen molar-refractivity contribution in [3.63, 3.8) is 0 Å². The number of anilines is 1. The number of para-hydroxylation sites is 1. The Labute approximate surface area is 124 Å². The summed E-state index contributed by atoms with van der Waals surface area (Å²) < 4.78 is 7.19. The van der Waals surface area contributed by atoms with Gasteiger partial charge >= 0.3 is 0 Å². The molecule has 21 heavy (non-hydrogen) atoms. The smallest absolute Gasteiger partial charge is 0.163 e. The van der Waals surface area contributed by atoms with Crippen LogP contribution in [-0.2, 0) is 6.42 Å². The quantitative estimate of drug-likeness (QED) is 0.907. The van der Waals surface area contributed by atoms with Crippen LogP contribution in [0.5, 0.6) is 5.75 Å². The van der Waals surface area contributed by atoms with Gasteiger partial charge in [0.2, 0.25) is 0 Å². The van der Waals surface area contributed by atoms with E-state index in [0.717, 1.165) is 24.2 Å². The first-order valence-corrected chi connectivity index (χ1v) is 7.28. The lowest BCUT2D eigenvalue weighted by molar-refractivity contribution is 0.200. The Balaban J connectivity index is 2.09. The molecule has 0 amide bonds. The topological polar surface area (TPSA) is 59.3 Å². The molecule has 1 aromatic heterocycles. The maximum Gasteiger partial charge on any atom is 0.163 e. The van der Waals surface area contributed by atoms with Gasteiger partial charge in [0.15, 0.2) is 5.75 Å². The number of hydrogen-bond acceptors (Lipinski definition) is 4. The number of nitrogens with zero attached hydrogens (tertiary/aromatic N) is 2. The fourth-order valence-electron chi connectivity index (χ4n) is 2.93. The SMILES string of the molecule is COc1cnn(C(C)C)c1C(O)c1cccc2c1NCC2. The number of ether oxygens (including phenoxy) is 1. The summed E-state index contributed by atoms with van der Waals surface area (Å²) in [7, 11) is 1.60. The first-order chi connectivity index (χ1) is 10.1. The van der Waals surface area contributed by atoms with E-state index in [4.69, 9.17) is 4.74 Å². The molecule has 5 heteroatoms. The molecule has 2 N–H and O–H groups in total. The highest BCUT2D eigenvalue weighted by Gasteiger charge is 2.26. The Hall–Kier alpha value is -2.01. The van der Waals surface area contributed by atoms with Gasteiger partial charge in [0.25, 0.3) is 0 Å². The van der Waals surface area contributed by atoms with Gasteiger partial charge in [0, 0.05) is 23.8 Å². The minimum absolute atomic E-state index is 0.156. The van der Waals surface area contributed by atoms with E-state index in [1.807, 2.05) is 30.7 Å². The van der Waals surface area contributed by atoms with Crippen LogP contribution in [0.3, 0.4) is 0 Å². The van der Waals surface area contributed by atoms with Crippen molar-refractivity contribution in [1.82, 2.24) is 9.78 Å². The molecule has 1 atom stereocenters.